The Bertz CT molecular complexity index is 5000. The first-order valence-electron chi connectivity index (χ1n) is 40.6. The Morgan fingerprint density at radius 3 is 1.34 bits per heavy atom. The van der Waals surface area contributed by atoms with Crippen LogP contribution in [0.25, 0.3) is 44.3 Å². The monoisotopic (exact) mass is 1560 g/mol. The number of carbonyl (C=O) groups excluding carboxylic acids is 5. The fourth-order valence-electron chi connectivity index (χ4n) is 15.5. The van der Waals surface area contributed by atoms with Crippen LogP contribution in [0.2, 0.25) is 0 Å². The highest BCUT2D eigenvalue weighted by molar-refractivity contribution is 6.01. The lowest BCUT2D eigenvalue weighted by Crippen LogP contribution is -2.41. The third kappa shape index (κ3) is 21.7. The quantitative estimate of drug-likeness (QED) is 0.0236. The molecule has 8 heterocycles. The summed E-state index contributed by atoms with van der Waals surface area (Å²) in [7, 11) is 8.58. The second-order valence-corrected chi connectivity index (χ2v) is 30.3. The second-order valence-electron chi connectivity index (χ2n) is 30.3. The van der Waals surface area contributed by atoms with Crippen molar-refractivity contribution >= 4 is 63.4 Å². The van der Waals surface area contributed by atoms with Gasteiger partial charge in [-0.05, 0) is 233 Å². The van der Waals surface area contributed by atoms with E-state index in [-0.39, 0.29) is 67.7 Å². The molecule has 115 heavy (non-hydrogen) atoms. The first-order valence-corrected chi connectivity index (χ1v) is 40.6. The summed E-state index contributed by atoms with van der Waals surface area (Å²) in [6.07, 6.45) is 14.2. The van der Waals surface area contributed by atoms with Gasteiger partial charge in [0.15, 0.2) is 11.3 Å². The molecule has 0 radical (unpaired) electrons. The molecular formula is C90H110F2N16O7. The van der Waals surface area contributed by atoms with E-state index in [1.165, 1.54) is 38.1 Å². The van der Waals surface area contributed by atoms with Gasteiger partial charge >= 0.3 is 0 Å². The fourth-order valence-corrected chi connectivity index (χ4v) is 15.5. The molecule has 4 fully saturated rings. The number of benzene rings is 6. The predicted molar refractivity (Wildman–Crippen MR) is 448 cm³/mol. The summed E-state index contributed by atoms with van der Waals surface area (Å²) in [4.78, 5) is 81.9. The maximum atomic E-state index is 15.2. The lowest BCUT2D eigenvalue weighted by Gasteiger charge is -2.35. The van der Waals surface area contributed by atoms with Crippen LogP contribution in [0.3, 0.4) is 0 Å². The molecule has 4 aliphatic heterocycles. The lowest BCUT2D eigenvalue weighted by molar-refractivity contribution is 0.0903. The molecule has 23 nitrogen and oxygen atoms in total. The number of nitrogens with one attached hydrogen (secondary N) is 7. The Hall–Kier alpha value is -10.7. The summed E-state index contributed by atoms with van der Waals surface area (Å²) >= 11 is 0. The number of halogens is 2. The highest BCUT2D eigenvalue weighted by Crippen LogP contribution is 2.35. The van der Waals surface area contributed by atoms with Crippen molar-refractivity contribution in [2.24, 2.45) is 0 Å². The minimum atomic E-state index is -0.430. The van der Waals surface area contributed by atoms with E-state index in [1.54, 1.807) is 97.1 Å². The minimum Gasteiger partial charge on any atom is -0.381 e. The molecule has 0 unspecified atom stereocenters. The minimum absolute atomic E-state index is 0.142. The number of amides is 4. The largest absolute Gasteiger partial charge is 0.381 e. The third-order valence-electron chi connectivity index (χ3n) is 22.4. The van der Waals surface area contributed by atoms with E-state index >= 15 is 4.39 Å². The second kappa shape index (κ2) is 40.6. The van der Waals surface area contributed by atoms with Crippen LogP contribution in [0, 0.1) is 11.6 Å². The number of rotatable bonds is 27. The van der Waals surface area contributed by atoms with Crippen LogP contribution in [0.5, 0.6) is 0 Å². The molecule has 0 atom stereocenters. The molecule has 0 aliphatic carbocycles. The van der Waals surface area contributed by atoms with Gasteiger partial charge in [0.05, 0.1) is 34.5 Å². The van der Waals surface area contributed by atoms with E-state index < -0.39 is 5.82 Å². The molecule has 4 amide bonds. The van der Waals surface area contributed by atoms with Crippen LogP contribution >= 0.6 is 0 Å². The zero-order valence-electron chi connectivity index (χ0n) is 67.6. The zero-order chi connectivity index (χ0) is 80.9. The van der Waals surface area contributed by atoms with Crippen molar-refractivity contribution in [3.63, 3.8) is 0 Å². The van der Waals surface area contributed by atoms with Crippen molar-refractivity contribution in [1.29, 1.82) is 0 Å². The molecule has 4 aromatic heterocycles. The molecule has 4 saturated heterocycles. The molecule has 10 aromatic rings. The summed E-state index contributed by atoms with van der Waals surface area (Å²) in [5, 5.41) is 33.7. The van der Waals surface area contributed by atoms with Gasteiger partial charge in [-0.25, -0.2) is 28.1 Å². The van der Waals surface area contributed by atoms with E-state index in [4.69, 9.17) is 19.4 Å². The van der Waals surface area contributed by atoms with E-state index in [0.29, 0.717) is 115 Å². The van der Waals surface area contributed by atoms with Gasteiger partial charge in [-0.15, -0.1) is 0 Å². The number of fused-ring (bicyclic) bond motifs is 2. The molecule has 14 rings (SSSR count). The fraction of sp³-hybridized carbons (Fsp3) is 0.411. The topological polar surface area (TPSA) is 259 Å². The van der Waals surface area contributed by atoms with Crippen LogP contribution in [-0.2, 0) is 68.1 Å². The number of aldehydes is 1. The molecule has 25 heteroatoms. The van der Waals surface area contributed by atoms with Crippen LogP contribution in [-0.4, -0.2) is 179 Å². The first-order chi connectivity index (χ1) is 55.9. The van der Waals surface area contributed by atoms with Crippen molar-refractivity contribution in [3.8, 4) is 22.3 Å². The van der Waals surface area contributed by atoms with Crippen LogP contribution in [0.15, 0.2) is 146 Å². The van der Waals surface area contributed by atoms with Crippen LogP contribution in [0.1, 0.15) is 170 Å². The molecular weight excluding hydrogens is 1460 g/mol. The SMILES string of the molecule is CCc1nc2c(cnn2CC)c(NC2CCOCC2)c1CNC(=O)c1cccc(C(=O)NCc2ccc(F)c(-c3cccc(C=O)c3)c2)c1.CCc1nc2c(cnn2CC)c(NC2CCOCC2)c1CNC(=O)c1cccc(C(=O)NCc2ccc(F)c(-c3cccc(CN(C)C4CCN(C)CC4)c3)c2)c1.CNC1CCN(C)CC1. The van der Waals surface area contributed by atoms with Crippen molar-refractivity contribution in [1.82, 2.24) is 70.8 Å². The van der Waals surface area contributed by atoms with E-state index in [2.05, 4.69) is 109 Å². The van der Waals surface area contributed by atoms with Gasteiger partial charge in [0.25, 0.3) is 23.6 Å². The molecule has 0 spiro atoms. The summed E-state index contributed by atoms with van der Waals surface area (Å²) in [5.41, 5.74) is 13.8. The Morgan fingerprint density at radius 1 is 0.496 bits per heavy atom. The number of ether oxygens (including phenoxy) is 2. The van der Waals surface area contributed by atoms with Gasteiger partial charge in [-0.1, -0.05) is 74.5 Å². The van der Waals surface area contributed by atoms with Crippen molar-refractivity contribution in [2.45, 2.75) is 162 Å². The molecule has 606 valence electrons. The highest BCUT2D eigenvalue weighted by Gasteiger charge is 2.27. The van der Waals surface area contributed by atoms with E-state index in [0.717, 1.165) is 137 Å². The van der Waals surface area contributed by atoms with Crippen molar-refractivity contribution < 1.29 is 42.2 Å². The van der Waals surface area contributed by atoms with Gasteiger partial charge in [0.2, 0.25) is 0 Å². The number of hydrogen-bond donors (Lipinski definition) is 7. The Balaban J connectivity index is 0.000000193. The van der Waals surface area contributed by atoms with Crippen LogP contribution < -0.4 is 37.2 Å². The Labute approximate surface area is 673 Å². The number of piperidine rings is 2. The number of anilines is 2. The Kier molecular flexibility index (Phi) is 29.5. The third-order valence-corrected chi connectivity index (χ3v) is 22.4. The normalized spacial score (nSPS) is 15.3. The van der Waals surface area contributed by atoms with Gasteiger partial charge in [-0.2, -0.15) is 10.2 Å². The molecule has 4 aliphatic rings. The smallest absolute Gasteiger partial charge is 0.251 e. The summed E-state index contributed by atoms with van der Waals surface area (Å²) in [6.45, 7) is 18.7. The predicted octanol–water partition coefficient (Wildman–Crippen LogP) is 13.2. The standard InChI is InChI=1S/C45H55FN8O3.C38H39FN6O4.C7H16N2/c1-5-41-38(42(50-35-17-21-57-22-18-35)39-28-49-54(6-2)43(39)51-41)27-48-45(56)34-12-8-11-33(25-34)44(55)47-26-30-13-14-40(46)37(24-30)32-10-7-9-31(23-32)29-53(4)36-15-19-52(3)20-16-36;1-3-34-31(35(43-29-13-15-49-16-14-29)32-22-42-45(4-2)36(32)44-34)21-41-38(48)28-10-6-9-27(19-28)37(47)40-20-24-11-12-33(39)30(18-24)26-8-5-7-25(17-26)23-46;1-8-7-3-5-9(2)6-4-7/h7-14,23-25,28,35-36H,5-6,15-22,26-27,29H2,1-4H3,(H,47,55)(H,48,56)(H,50,51);5-12,17-19,22-23,29H,3-4,13-16,20-21H2,1-2H3,(H,40,47)(H,41,48)(H,43,44);7-8H,3-6H2,1-2H3. The van der Waals surface area contributed by atoms with Crippen molar-refractivity contribution in [2.75, 3.05) is 91.4 Å². The van der Waals surface area contributed by atoms with Gasteiger partial charge in [-0.3, -0.25) is 28.9 Å². The molecule has 6 aromatic carbocycles. The van der Waals surface area contributed by atoms with Crippen LogP contribution in [0.4, 0.5) is 20.2 Å². The number of nitrogens with zero attached hydrogens (tertiary/aromatic N) is 9. The van der Waals surface area contributed by atoms with E-state index in [1.807, 2.05) is 54.7 Å². The number of aromatic nitrogens is 6. The number of pyridine rings is 2. The number of likely N-dealkylation sites (tertiary alicyclic amines) is 2. The lowest BCUT2D eigenvalue weighted by atomic mass is 9.99. The van der Waals surface area contributed by atoms with Gasteiger partial charge in [0, 0.05) is 158 Å². The average molecular weight is 1570 g/mol. The maximum absolute atomic E-state index is 15.2. The van der Waals surface area contributed by atoms with Crippen molar-refractivity contribution in [3.05, 3.63) is 225 Å². The summed E-state index contributed by atoms with van der Waals surface area (Å²) < 4.78 is 44.8. The number of hydrogen-bond acceptors (Lipinski definition) is 17. The number of carbonyl (C=O) groups is 5. The zero-order valence-corrected chi connectivity index (χ0v) is 67.6. The van der Waals surface area contributed by atoms with Gasteiger partial charge in [0.1, 0.15) is 17.9 Å². The summed E-state index contributed by atoms with van der Waals surface area (Å²) in [5.74, 6) is -2.06. The molecule has 7 N–H and O–H groups in total. The molecule has 0 saturated carbocycles. The Morgan fingerprint density at radius 2 is 0.913 bits per heavy atom. The van der Waals surface area contributed by atoms with Gasteiger partial charge < -0.3 is 56.5 Å². The molecule has 0 bridgehead atoms. The highest BCUT2D eigenvalue weighted by atomic mass is 19.1. The average Bonchev–Trinajstić information content (AvgIpc) is 1.65. The first kappa shape index (κ1) is 83.7. The maximum Gasteiger partial charge on any atom is 0.251 e. The summed E-state index contributed by atoms with van der Waals surface area (Å²) in [6, 6.07) is 39.3. The van der Waals surface area contributed by atoms with E-state index in [9.17, 15) is 28.4 Å². The number of aryl methyl sites for hydroxylation is 4.